The van der Waals surface area contributed by atoms with E-state index in [0.29, 0.717) is 41.9 Å². The zero-order valence-corrected chi connectivity index (χ0v) is 16.9. The summed E-state index contributed by atoms with van der Waals surface area (Å²) in [5.41, 5.74) is 3.06. The number of amides is 1. The van der Waals surface area contributed by atoms with Gasteiger partial charge in [-0.3, -0.25) is 4.79 Å². The highest BCUT2D eigenvalue weighted by molar-refractivity contribution is 6.33. The van der Waals surface area contributed by atoms with Crippen LogP contribution in [0.1, 0.15) is 36.8 Å². The van der Waals surface area contributed by atoms with Gasteiger partial charge in [-0.25, -0.2) is 0 Å². The molecule has 0 unspecified atom stereocenters. The van der Waals surface area contributed by atoms with Crippen LogP contribution in [0, 0.1) is 6.92 Å². The van der Waals surface area contributed by atoms with E-state index >= 15 is 0 Å². The van der Waals surface area contributed by atoms with Gasteiger partial charge in [-0.1, -0.05) is 60.5 Å². The minimum Gasteiger partial charge on any atom is -0.419 e. The Labute approximate surface area is 170 Å². The highest BCUT2D eigenvalue weighted by Gasteiger charge is 2.18. The van der Waals surface area contributed by atoms with Crippen molar-refractivity contribution < 1.29 is 9.21 Å². The molecule has 1 heterocycles. The molecule has 1 amide bonds. The molecule has 1 aromatic heterocycles. The summed E-state index contributed by atoms with van der Waals surface area (Å²) < 4.78 is 5.76. The quantitative estimate of drug-likeness (QED) is 0.532. The maximum atomic E-state index is 12.7. The zero-order valence-electron chi connectivity index (χ0n) is 16.2. The van der Waals surface area contributed by atoms with Gasteiger partial charge in [0.25, 0.3) is 0 Å². The molecule has 3 aromatic rings. The summed E-state index contributed by atoms with van der Waals surface area (Å²) >= 11 is 6.19. The molecule has 146 valence electrons. The van der Waals surface area contributed by atoms with E-state index in [-0.39, 0.29) is 5.91 Å². The average Bonchev–Trinajstić information content (AvgIpc) is 3.14. The highest BCUT2D eigenvalue weighted by atomic mass is 35.5. The van der Waals surface area contributed by atoms with Crippen LogP contribution < -0.4 is 0 Å². The van der Waals surface area contributed by atoms with Crippen molar-refractivity contribution in [1.29, 1.82) is 0 Å². The number of carbonyl (C=O) groups is 1. The molecule has 28 heavy (non-hydrogen) atoms. The molecule has 0 spiro atoms. The van der Waals surface area contributed by atoms with Gasteiger partial charge in [-0.2, -0.15) is 0 Å². The largest absolute Gasteiger partial charge is 0.419 e. The molecule has 5 nitrogen and oxygen atoms in total. The Morgan fingerprint density at radius 1 is 1.14 bits per heavy atom. The van der Waals surface area contributed by atoms with Gasteiger partial charge in [0.15, 0.2) is 0 Å². The summed E-state index contributed by atoms with van der Waals surface area (Å²) in [6.07, 6.45) is 2.03. The molecular formula is C22H24ClN3O2. The van der Waals surface area contributed by atoms with Gasteiger partial charge >= 0.3 is 0 Å². The summed E-state index contributed by atoms with van der Waals surface area (Å²) in [5, 5.41) is 8.74. The fourth-order valence-corrected chi connectivity index (χ4v) is 3.28. The fourth-order valence-electron chi connectivity index (χ4n) is 3.06. The number of carbonyl (C=O) groups excluding carboxylic acids is 1. The standard InChI is InChI=1S/C22H24ClN3O2/c1-3-13-26(21(27)12-11-17-8-6-7-16(2)14-17)15-20-24-25-22(28-20)18-9-4-5-10-19(18)23/h4-10,14H,3,11-13,15H2,1-2H3. The summed E-state index contributed by atoms with van der Waals surface area (Å²) in [6.45, 7) is 5.05. The first kappa shape index (κ1) is 20.1. The molecule has 3 rings (SSSR count). The normalized spacial score (nSPS) is 10.8. The van der Waals surface area contributed by atoms with Crippen LogP contribution in [0.5, 0.6) is 0 Å². The van der Waals surface area contributed by atoms with Crippen LogP contribution >= 0.6 is 11.6 Å². The van der Waals surface area contributed by atoms with Crippen LogP contribution in [-0.2, 0) is 17.8 Å². The first-order valence-corrected chi connectivity index (χ1v) is 9.85. The van der Waals surface area contributed by atoms with Crippen LogP contribution in [-0.4, -0.2) is 27.5 Å². The molecule has 0 aliphatic rings. The van der Waals surface area contributed by atoms with Crippen molar-refractivity contribution >= 4 is 17.5 Å². The zero-order chi connectivity index (χ0) is 19.9. The van der Waals surface area contributed by atoms with E-state index < -0.39 is 0 Å². The van der Waals surface area contributed by atoms with Crippen molar-refractivity contribution in [3.05, 3.63) is 70.6 Å². The molecule has 0 atom stereocenters. The van der Waals surface area contributed by atoms with Crippen LogP contribution in [0.3, 0.4) is 0 Å². The van der Waals surface area contributed by atoms with E-state index in [2.05, 4.69) is 35.3 Å². The van der Waals surface area contributed by atoms with Crippen molar-refractivity contribution in [2.45, 2.75) is 39.7 Å². The Morgan fingerprint density at radius 2 is 1.96 bits per heavy atom. The molecule has 0 aliphatic heterocycles. The first-order chi connectivity index (χ1) is 13.6. The first-order valence-electron chi connectivity index (χ1n) is 9.47. The van der Waals surface area contributed by atoms with Gasteiger partial charge in [0, 0.05) is 13.0 Å². The Bertz CT molecular complexity index is 939. The van der Waals surface area contributed by atoms with Crippen molar-refractivity contribution in [3.63, 3.8) is 0 Å². The SMILES string of the molecule is CCCN(Cc1nnc(-c2ccccc2Cl)o1)C(=O)CCc1cccc(C)c1. The summed E-state index contributed by atoms with van der Waals surface area (Å²) in [7, 11) is 0. The Hall–Kier alpha value is -2.66. The van der Waals surface area contributed by atoms with Gasteiger partial charge < -0.3 is 9.32 Å². The van der Waals surface area contributed by atoms with E-state index in [0.717, 1.165) is 12.8 Å². The Kier molecular flexibility index (Phi) is 6.82. The number of rotatable bonds is 8. The van der Waals surface area contributed by atoms with E-state index in [9.17, 15) is 4.79 Å². The molecule has 0 radical (unpaired) electrons. The lowest BCUT2D eigenvalue weighted by molar-refractivity contribution is -0.132. The molecule has 6 heteroatoms. The molecule has 0 aliphatic carbocycles. The second-order valence-electron chi connectivity index (χ2n) is 6.79. The van der Waals surface area contributed by atoms with Crippen LogP contribution in [0.25, 0.3) is 11.5 Å². The van der Waals surface area contributed by atoms with Gasteiger partial charge in [-0.15, -0.1) is 10.2 Å². The third kappa shape index (κ3) is 5.20. The summed E-state index contributed by atoms with van der Waals surface area (Å²) in [5.74, 6) is 0.859. The number of aromatic nitrogens is 2. The van der Waals surface area contributed by atoms with Crippen LogP contribution in [0.15, 0.2) is 52.9 Å². The number of nitrogens with zero attached hydrogens (tertiary/aromatic N) is 3. The van der Waals surface area contributed by atoms with Crippen LogP contribution in [0.4, 0.5) is 0 Å². The predicted molar refractivity (Wildman–Crippen MR) is 110 cm³/mol. The fraction of sp³-hybridized carbons (Fsp3) is 0.318. The van der Waals surface area contributed by atoms with E-state index in [1.807, 2.05) is 31.2 Å². The van der Waals surface area contributed by atoms with Crippen molar-refractivity contribution in [2.24, 2.45) is 0 Å². The molecule has 2 aromatic carbocycles. The van der Waals surface area contributed by atoms with Crippen molar-refractivity contribution in [3.8, 4) is 11.5 Å². The molecule has 0 saturated carbocycles. The van der Waals surface area contributed by atoms with Crippen molar-refractivity contribution in [2.75, 3.05) is 6.54 Å². The van der Waals surface area contributed by atoms with Crippen LogP contribution in [0.2, 0.25) is 5.02 Å². The minimum atomic E-state index is 0.0841. The van der Waals surface area contributed by atoms with Gasteiger partial charge in [0.2, 0.25) is 17.7 Å². The van der Waals surface area contributed by atoms with Gasteiger partial charge in [0.05, 0.1) is 17.1 Å². The number of halogens is 1. The average molecular weight is 398 g/mol. The molecule has 0 bridgehead atoms. The Morgan fingerprint density at radius 3 is 2.71 bits per heavy atom. The second kappa shape index (κ2) is 9.51. The lowest BCUT2D eigenvalue weighted by atomic mass is 10.1. The molecule has 0 saturated heterocycles. The Balaban J connectivity index is 1.66. The van der Waals surface area contributed by atoms with Gasteiger partial charge in [-0.05, 0) is 37.5 Å². The number of aryl methyl sites for hydroxylation is 2. The third-order valence-electron chi connectivity index (χ3n) is 4.45. The molecular weight excluding hydrogens is 374 g/mol. The smallest absolute Gasteiger partial charge is 0.249 e. The summed E-state index contributed by atoms with van der Waals surface area (Å²) in [6, 6.07) is 15.6. The maximum Gasteiger partial charge on any atom is 0.249 e. The minimum absolute atomic E-state index is 0.0841. The van der Waals surface area contributed by atoms with Crippen molar-refractivity contribution in [1.82, 2.24) is 15.1 Å². The molecule has 0 N–H and O–H groups in total. The topological polar surface area (TPSA) is 59.2 Å². The maximum absolute atomic E-state index is 12.7. The predicted octanol–water partition coefficient (Wildman–Crippen LogP) is 5.07. The third-order valence-corrected chi connectivity index (χ3v) is 4.78. The lowest BCUT2D eigenvalue weighted by Gasteiger charge is -2.20. The highest BCUT2D eigenvalue weighted by Crippen LogP contribution is 2.26. The number of benzene rings is 2. The molecule has 0 fully saturated rings. The summed E-state index contributed by atoms with van der Waals surface area (Å²) in [4.78, 5) is 14.5. The van der Waals surface area contributed by atoms with E-state index in [1.165, 1.54) is 11.1 Å². The van der Waals surface area contributed by atoms with E-state index in [4.69, 9.17) is 16.0 Å². The lowest BCUT2D eigenvalue weighted by Crippen LogP contribution is -2.31. The second-order valence-corrected chi connectivity index (χ2v) is 7.19. The number of hydrogen-bond acceptors (Lipinski definition) is 4. The van der Waals surface area contributed by atoms with Gasteiger partial charge in [0.1, 0.15) is 0 Å². The van der Waals surface area contributed by atoms with E-state index in [1.54, 1.807) is 11.0 Å². The number of hydrogen-bond donors (Lipinski definition) is 0. The monoisotopic (exact) mass is 397 g/mol.